The molecular formula is C14H20INOS2. The summed E-state index contributed by atoms with van der Waals surface area (Å²) in [4.78, 5) is 0. The summed E-state index contributed by atoms with van der Waals surface area (Å²) in [5.41, 5.74) is 1.65. The van der Waals surface area contributed by atoms with E-state index in [2.05, 4.69) is 58.2 Å². The Morgan fingerprint density at radius 3 is 3.11 bits per heavy atom. The summed E-state index contributed by atoms with van der Waals surface area (Å²) in [6.07, 6.45) is 3.65. The fourth-order valence-electron chi connectivity index (χ4n) is 3.37. The van der Waals surface area contributed by atoms with Gasteiger partial charge >= 0.3 is 0 Å². The second kappa shape index (κ2) is 6.22. The first-order valence-corrected chi connectivity index (χ1v) is 9.97. The summed E-state index contributed by atoms with van der Waals surface area (Å²) in [5.74, 6) is 3.18. The molecule has 1 N–H and O–H groups in total. The van der Waals surface area contributed by atoms with Gasteiger partial charge in [0.25, 0.3) is 0 Å². The Morgan fingerprint density at radius 1 is 1.58 bits per heavy atom. The molecule has 19 heavy (non-hydrogen) atoms. The van der Waals surface area contributed by atoms with Crippen LogP contribution in [0.1, 0.15) is 30.9 Å². The van der Waals surface area contributed by atoms with Crippen LogP contribution in [0.25, 0.3) is 0 Å². The first kappa shape index (κ1) is 14.6. The van der Waals surface area contributed by atoms with E-state index in [-0.39, 0.29) is 5.60 Å². The quantitative estimate of drug-likeness (QED) is 0.765. The summed E-state index contributed by atoms with van der Waals surface area (Å²) in [6, 6.07) is 2.82. The molecule has 1 aromatic rings. The Labute approximate surface area is 137 Å². The minimum atomic E-state index is 0.186. The van der Waals surface area contributed by atoms with E-state index in [0.717, 1.165) is 6.61 Å². The Bertz CT molecular complexity index is 431. The van der Waals surface area contributed by atoms with E-state index in [4.69, 9.17) is 4.74 Å². The summed E-state index contributed by atoms with van der Waals surface area (Å²) in [7, 11) is 2.10. The van der Waals surface area contributed by atoms with Gasteiger partial charge in [0.2, 0.25) is 0 Å². The van der Waals surface area contributed by atoms with Crippen molar-refractivity contribution < 1.29 is 4.74 Å². The van der Waals surface area contributed by atoms with Crippen LogP contribution >= 0.6 is 45.7 Å². The molecule has 0 amide bonds. The minimum Gasteiger partial charge on any atom is -0.374 e. The van der Waals surface area contributed by atoms with Crippen molar-refractivity contribution >= 4 is 45.7 Å². The molecule has 1 aromatic heterocycles. The van der Waals surface area contributed by atoms with Crippen molar-refractivity contribution in [2.24, 2.45) is 5.92 Å². The fourth-order valence-corrected chi connectivity index (χ4v) is 6.16. The normalized spacial score (nSPS) is 32.8. The second-order valence-corrected chi connectivity index (χ2v) is 9.45. The van der Waals surface area contributed by atoms with Crippen LogP contribution in [0.2, 0.25) is 0 Å². The average Bonchev–Trinajstić information content (AvgIpc) is 3.01. The van der Waals surface area contributed by atoms with Crippen molar-refractivity contribution in [1.82, 2.24) is 5.32 Å². The van der Waals surface area contributed by atoms with Gasteiger partial charge in [-0.15, -0.1) is 11.3 Å². The van der Waals surface area contributed by atoms with Gasteiger partial charge in [0, 0.05) is 18.4 Å². The Kier molecular flexibility index (Phi) is 4.79. The maximum atomic E-state index is 6.14. The highest BCUT2D eigenvalue weighted by molar-refractivity contribution is 14.1. The van der Waals surface area contributed by atoms with Gasteiger partial charge in [-0.25, -0.2) is 0 Å². The number of nitrogens with one attached hydrogen (secondary N) is 1. The molecule has 0 radical (unpaired) electrons. The summed E-state index contributed by atoms with van der Waals surface area (Å²) < 4.78 is 7.53. The van der Waals surface area contributed by atoms with E-state index < -0.39 is 0 Å². The number of rotatable bonds is 3. The molecule has 0 aliphatic carbocycles. The Balaban J connectivity index is 1.76. The monoisotopic (exact) mass is 409 g/mol. The van der Waals surface area contributed by atoms with Gasteiger partial charge in [-0.1, -0.05) is 0 Å². The number of halogens is 1. The molecule has 1 spiro atoms. The standard InChI is InChI=1S/C14H20INOS2/c1-16-13(11-6-12(15)19-8-11)10-2-4-17-14(7-10)3-5-18-9-14/h6,8,10,13,16H,2-5,7,9H2,1H3. The average molecular weight is 409 g/mol. The van der Waals surface area contributed by atoms with E-state index >= 15 is 0 Å². The van der Waals surface area contributed by atoms with E-state index in [9.17, 15) is 0 Å². The number of thiophene rings is 1. The van der Waals surface area contributed by atoms with Crippen LogP contribution in [0, 0.1) is 8.80 Å². The molecule has 3 unspecified atom stereocenters. The maximum absolute atomic E-state index is 6.14. The zero-order chi connectivity index (χ0) is 13.3. The lowest BCUT2D eigenvalue weighted by Gasteiger charge is -2.40. The van der Waals surface area contributed by atoms with Crippen molar-refractivity contribution in [3.63, 3.8) is 0 Å². The van der Waals surface area contributed by atoms with Crippen LogP contribution in [-0.4, -0.2) is 30.8 Å². The predicted octanol–water partition coefficient (Wildman–Crippen LogP) is 3.92. The van der Waals surface area contributed by atoms with Gasteiger partial charge in [-0.2, -0.15) is 11.8 Å². The summed E-state index contributed by atoms with van der Waals surface area (Å²) in [5, 5.41) is 5.86. The zero-order valence-electron chi connectivity index (χ0n) is 11.2. The number of ether oxygens (including phenoxy) is 1. The van der Waals surface area contributed by atoms with Crippen LogP contribution in [0.4, 0.5) is 0 Å². The molecular weight excluding hydrogens is 389 g/mol. The number of hydrogen-bond acceptors (Lipinski definition) is 4. The largest absolute Gasteiger partial charge is 0.374 e. The molecule has 0 bridgehead atoms. The first-order valence-electron chi connectivity index (χ1n) is 6.85. The highest BCUT2D eigenvalue weighted by Gasteiger charge is 2.42. The fraction of sp³-hybridized carbons (Fsp3) is 0.714. The van der Waals surface area contributed by atoms with Gasteiger partial charge in [-0.3, -0.25) is 0 Å². The third-order valence-corrected chi connectivity index (χ3v) is 7.36. The lowest BCUT2D eigenvalue weighted by Crippen LogP contribution is -2.43. The summed E-state index contributed by atoms with van der Waals surface area (Å²) in [6.45, 7) is 0.935. The van der Waals surface area contributed by atoms with Crippen molar-refractivity contribution in [3.8, 4) is 0 Å². The van der Waals surface area contributed by atoms with Crippen molar-refractivity contribution in [1.29, 1.82) is 0 Å². The van der Waals surface area contributed by atoms with Gasteiger partial charge in [0.15, 0.2) is 0 Å². The SMILES string of the molecule is CNC(c1csc(I)c1)C1CCOC2(CCSC2)C1. The third-order valence-electron chi connectivity index (χ3n) is 4.33. The van der Waals surface area contributed by atoms with Crippen LogP contribution < -0.4 is 5.32 Å². The smallest absolute Gasteiger partial charge is 0.0783 e. The molecule has 3 heterocycles. The molecule has 2 saturated heterocycles. The molecule has 0 saturated carbocycles. The minimum absolute atomic E-state index is 0.186. The molecule has 0 aromatic carbocycles. The van der Waals surface area contributed by atoms with Crippen LogP contribution in [-0.2, 0) is 4.74 Å². The number of thioether (sulfide) groups is 1. The maximum Gasteiger partial charge on any atom is 0.0783 e. The van der Waals surface area contributed by atoms with Crippen molar-refractivity contribution in [2.75, 3.05) is 25.2 Å². The number of hydrogen-bond donors (Lipinski definition) is 1. The molecule has 3 atom stereocenters. The lowest BCUT2D eigenvalue weighted by atomic mass is 9.79. The topological polar surface area (TPSA) is 21.3 Å². The van der Waals surface area contributed by atoms with E-state index in [0.29, 0.717) is 12.0 Å². The van der Waals surface area contributed by atoms with Crippen LogP contribution in [0.5, 0.6) is 0 Å². The van der Waals surface area contributed by atoms with E-state index in [1.807, 2.05) is 11.3 Å². The highest BCUT2D eigenvalue weighted by atomic mass is 127. The molecule has 106 valence electrons. The first-order chi connectivity index (χ1) is 9.22. The predicted molar refractivity (Wildman–Crippen MR) is 92.2 cm³/mol. The summed E-state index contributed by atoms with van der Waals surface area (Å²) >= 11 is 6.32. The molecule has 3 rings (SSSR count). The van der Waals surface area contributed by atoms with Gasteiger partial charge in [-0.05, 0) is 77.6 Å². The molecule has 2 aliphatic heterocycles. The Hall–Kier alpha value is 0.700. The third kappa shape index (κ3) is 3.15. The van der Waals surface area contributed by atoms with Crippen molar-refractivity contribution in [2.45, 2.75) is 30.9 Å². The van der Waals surface area contributed by atoms with Gasteiger partial charge < -0.3 is 10.1 Å². The van der Waals surface area contributed by atoms with Crippen molar-refractivity contribution in [3.05, 3.63) is 19.9 Å². The highest BCUT2D eigenvalue weighted by Crippen LogP contribution is 2.44. The Morgan fingerprint density at radius 2 is 2.47 bits per heavy atom. The molecule has 5 heteroatoms. The second-order valence-electron chi connectivity index (χ2n) is 5.54. The van der Waals surface area contributed by atoms with E-state index in [1.54, 1.807) is 0 Å². The van der Waals surface area contributed by atoms with E-state index in [1.165, 1.54) is 39.2 Å². The van der Waals surface area contributed by atoms with Gasteiger partial charge in [0.05, 0.1) is 8.48 Å². The molecule has 2 fully saturated rings. The van der Waals surface area contributed by atoms with Gasteiger partial charge in [0.1, 0.15) is 0 Å². The molecule has 2 nitrogen and oxygen atoms in total. The zero-order valence-corrected chi connectivity index (χ0v) is 14.9. The molecule has 2 aliphatic rings. The van der Waals surface area contributed by atoms with Crippen LogP contribution in [0.15, 0.2) is 11.4 Å². The lowest BCUT2D eigenvalue weighted by molar-refractivity contribution is -0.0850. The van der Waals surface area contributed by atoms with Crippen LogP contribution in [0.3, 0.4) is 0 Å².